The molecule has 0 amide bonds. The quantitative estimate of drug-likeness (QED) is 0.0523. The fraction of sp³-hybridized carbons (Fsp3) is 0.944. The zero-order chi connectivity index (χ0) is 32.5. The van der Waals surface area contributed by atoms with E-state index in [9.17, 15) is 9.59 Å². The maximum absolute atomic E-state index is 11.0. The highest BCUT2D eigenvalue weighted by atomic mass is 16.5. The molecule has 0 heterocycles. The number of unbranched alkanes of at least 4 members (excludes halogenated alkanes) is 22. The van der Waals surface area contributed by atoms with Gasteiger partial charge in [-0.1, -0.05) is 155 Å². The first-order valence-corrected chi connectivity index (χ1v) is 18.2. The van der Waals surface area contributed by atoms with Crippen molar-refractivity contribution in [1.29, 1.82) is 0 Å². The van der Waals surface area contributed by atoms with E-state index in [2.05, 4.69) is 18.6 Å². The van der Waals surface area contributed by atoms with Crippen molar-refractivity contribution in [1.82, 2.24) is 0 Å². The Morgan fingerprint density at radius 2 is 0.767 bits per heavy atom. The van der Waals surface area contributed by atoms with E-state index in [4.69, 9.17) is 20.1 Å². The molecule has 0 aromatic rings. The molecule has 0 unspecified atom stereocenters. The number of carbonyl (C=O) groups excluding carboxylic acids is 1. The predicted octanol–water partition coefficient (Wildman–Crippen LogP) is 9.79. The standard InChI is InChI=1S/C18H36O2.C14H28O2.C4H10O3/c1-2-3-4-5-6-7-8-9-10-11-12-13-14-15-16-17-18(19)20;1-3-5-6-7-8-9-10-11-12-13-14(15)16-4-2;5-1-3-7-4-2-6/h2-17H2,1H3,(H,19,20);3-13H2,1-2H3;5-6H,1-4H2. The first-order chi connectivity index (χ1) is 21.0. The second-order valence-electron chi connectivity index (χ2n) is 11.5. The highest BCUT2D eigenvalue weighted by molar-refractivity contribution is 5.69. The van der Waals surface area contributed by atoms with Gasteiger partial charge in [0, 0.05) is 12.8 Å². The molecule has 0 rings (SSSR count). The van der Waals surface area contributed by atoms with Gasteiger partial charge < -0.3 is 24.8 Å². The van der Waals surface area contributed by atoms with E-state index in [0.717, 1.165) is 19.3 Å². The zero-order valence-corrected chi connectivity index (χ0v) is 28.9. The Labute approximate surface area is 266 Å². The monoisotopic (exact) mass is 619 g/mol. The minimum atomic E-state index is -0.653. The molecule has 0 spiro atoms. The number of rotatable bonds is 31. The Kier molecular flexibility index (Phi) is 48.7. The normalized spacial score (nSPS) is 10.4. The van der Waals surface area contributed by atoms with Crippen molar-refractivity contribution >= 4 is 11.9 Å². The van der Waals surface area contributed by atoms with Crippen LogP contribution in [0.5, 0.6) is 0 Å². The van der Waals surface area contributed by atoms with Gasteiger partial charge >= 0.3 is 11.9 Å². The van der Waals surface area contributed by atoms with Gasteiger partial charge in [-0.3, -0.25) is 9.59 Å². The van der Waals surface area contributed by atoms with Crippen LogP contribution in [0.2, 0.25) is 0 Å². The zero-order valence-electron chi connectivity index (χ0n) is 28.9. The van der Waals surface area contributed by atoms with E-state index >= 15 is 0 Å². The highest BCUT2D eigenvalue weighted by Crippen LogP contribution is 2.14. The van der Waals surface area contributed by atoms with Crippen LogP contribution in [0.4, 0.5) is 0 Å². The van der Waals surface area contributed by atoms with E-state index in [1.165, 1.54) is 135 Å². The third kappa shape index (κ3) is 53.8. The Bertz CT molecular complexity index is 510. The van der Waals surface area contributed by atoms with Crippen LogP contribution in [0.3, 0.4) is 0 Å². The van der Waals surface area contributed by atoms with Crippen molar-refractivity contribution in [2.75, 3.05) is 33.0 Å². The van der Waals surface area contributed by atoms with Gasteiger partial charge in [-0.15, -0.1) is 0 Å². The van der Waals surface area contributed by atoms with Gasteiger partial charge in [0.1, 0.15) is 0 Å². The largest absolute Gasteiger partial charge is 0.481 e. The molecule has 260 valence electrons. The summed E-state index contributed by atoms with van der Waals surface area (Å²) >= 11 is 0. The van der Waals surface area contributed by atoms with E-state index in [1.807, 2.05) is 6.92 Å². The van der Waals surface area contributed by atoms with E-state index < -0.39 is 5.97 Å². The molecule has 0 bridgehead atoms. The summed E-state index contributed by atoms with van der Waals surface area (Å²) in [6.07, 6.45) is 32.4. The second-order valence-corrected chi connectivity index (χ2v) is 11.5. The summed E-state index contributed by atoms with van der Waals surface area (Å²) in [5.41, 5.74) is 0. The fourth-order valence-corrected chi connectivity index (χ4v) is 4.69. The number of carbonyl (C=O) groups is 2. The molecular formula is C36H74O7. The van der Waals surface area contributed by atoms with Crippen molar-refractivity contribution < 1.29 is 34.4 Å². The predicted molar refractivity (Wildman–Crippen MR) is 181 cm³/mol. The van der Waals surface area contributed by atoms with Gasteiger partial charge in [0.05, 0.1) is 33.0 Å². The first kappa shape index (κ1) is 46.2. The molecule has 0 aromatic heterocycles. The van der Waals surface area contributed by atoms with Crippen molar-refractivity contribution in [3.63, 3.8) is 0 Å². The number of carboxylic acid groups (broad SMARTS) is 1. The second kappa shape index (κ2) is 45.3. The Hall–Kier alpha value is -1.18. The van der Waals surface area contributed by atoms with Gasteiger partial charge in [-0.25, -0.2) is 0 Å². The molecule has 3 N–H and O–H groups in total. The first-order valence-electron chi connectivity index (χ1n) is 18.2. The van der Waals surface area contributed by atoms with Crippen LogP contribution in [0.15, 0.2) is 0 Å². The van der Waals surface area contributed by atoms with Crippen molar-refractivity contribution in [2.24, 2.45) is 0 Å². The molecule has 43 heavy (non-hydrogen) atoms. The number of ether oxygens (including phenoxy) is 2. The summed E-state index contributed by atoms with van der Waals surface area (Å²) in [7, 11) is 0. The smallest absolute Gasteiger partial charge is 0.305 e. The van der Waals surface area contributed by atoms with Crippen molar-refractivity contribution in [3.05, 3.63) is 0 Å². The van der Waals surface area contributed by atoms with Gasteiger partial charge in [0.2, 0.25) is 0 Å². The number of hydrogen-bond donors (Lipinski definition) is 3. The molecule has 0 atom stereocenters. The molecule has 0 aromatic carbocycles. The SMILES string of the molecule is CCCCCCCCCCCC(=O)OCC.CCCCCCCCCCCCCCCCCC(=O)O.OCCOCCO. The van der Waals surface area contributed by atoms with Crippen molar-refractivity contribution in [3.8, 4) is 0 Å². The molecule has 0 saturated heterocycles. The molecule has 0 fully saturated rings. The van der Waals surface area contributed by atoms with Crippen LogP contribution in [0.1, 0.15) is 188 Å². The van der Waals surface area contributed by atoms with Crippen LogP contribution >= 0.6 is 0 Å². The van der Waals surface area contributed by atoms with Gasteiger partial charge in [0.15, 0.2) is 0 Å². The molecule has 7 nitrogen and oxygen atoms in total. The summed E-state index contributed by atoms with van der Waals surface area (Å²) in [5.74, 6) is -0.690. The summed E-state index contributed by atoms with van der Waals surface area (Å²) in [6.45, 7) is 7.58. The Morgan fingerprint density at radius 3 is 1.05 bits per heavy atom. The number of esters is 1. The summed E-state index contributed by atoms with van der Waals surface area (Å²) in [5, 5.41) is 24.7. The third-order valence-corrected chi connectivity index (χ3v) is 7.26. The summed E-state index contributed by atoms with van der Waals surface area (Å²) in [6, 6.07) is 0. The van der Waals surface area contributed by atoms with E-state index in [-0.39, 0.29) is 19.2 Å². The highest BCUT2D eigenvalue weighted by Gasteiger charge is 2.00. The molecule has 0 radical (unpaired) electrons. The van der Waals surface area contributed by atoms with Crippen LogP contribution < -0.4 is 0 Å². The number of hydrogen-bond acceptors (Lipinski definition) is 6. The topological polar surface area (TPSA) is 113 Å². The Morgan fingerprint density at radius 1 is 0.465 bits per heavy atom. The van der Waals surface area contributed by atoms with Gasteiger partial charge in [-0.2, -0.15) is 0 Å². The van der Waals surface area contributed by atoms with Gasteiger partial charge in [0.25, 0.3) is 0 Å². The molecule has 0 aliphatic carbocycles. The molecule has 0 aliphatic rings. The van der Waals surface area contributed by atoms with Crippen LogP contribution in [0.25, 0.3) is 0 Å². The maximum atomic E-state index is 11.0. The third-order valence-electron chi connectivity index (χ3n) is 7.26. The lowest BCUT2D eigenvalue weighted by Crippen LogP contribution is -2.03. The van der Waals surface area contributed by atoms with Gasteiger partial charge in [-0.05, 0) is 19.8 Å². The number of aliphatic hydroxyl groups excluding tert-OH is 2. The lowest BCUT2D eigenvalue weighted by Gasteiger charge is -2.03. The average molecular weight is 619 g/mol. The van der Waals surface area contributed by atoms with Crippen LogP contribution in [-0.4, -0.2) is 60.3 Å². The lowest BCUT2D eigenvalue weighted by molar-refractivity contribution is -0.143. The minimum absolute atomic E-state index is 0.0278. The molecule has 0 aliphatic heterocycles. The summed E-state index contributed by atoms with van der Waals surface area (Å²) in [4.78, 5) is 21.4. The number of aliphatic hydroxyl groups is 2. The number of carboxylic acids is 1. The lowest BCUT2D eigenvalue weighted by atomic mass is 10.0. The summed E-state index contributed by atoms with van der Waals surface area (Å²) < 4.78 is 9.51. The molecule has 7 heteroatoms. The van der Waals surface area contributed by atoms with Crippen LogP contribution in [-0.2, 0) is 19.1 Å². The minimum Gasteiger partial charge on any atom is -0.481 e. The van der Waals surface area contributed by atoms with Crippen LogP contribution in [0, 0.1) is 0 Å². The maximum Gasteiger partial charge on any atom is 0.305 e. The fourth-order valence-electron chi connectivity index (χ4n) is 4.69. The van der Waals surface area contributed by atoms with Crippen molar-refractivity contribution in [2.45, 2.75) is 188 Å². The average Bonchev–Trinajstić information content (AvgIpc) is 2.99. The molecule has 0 saturated carbocycles. The van der Waals surface area contributed by atoms with E-state index in [0.29, 0.717) is 32.7 Å². The Balaban J connectivity index is -0.000000619. The van der Waals surface area contributed by atoms with E-state index in [1.54, 1.807) is 0 Å². The molecular weight excluding hydrogens is 544 g/mol. The number of aliphatic carboxylic acids is 1.